The molecule has 1 amide bonds. The second-order valence-corrected chi connectivity index (χ2v) is 5.53. The van der Waals surface area contributed by atoms with Gasteiger partial charge in [-0.25, -0.2) is 0 Å². The highest BCUT2D eigenvalue weighted by atomic mass is 35.5. The van der Waals surface area contributed by atoms with Crippen molar-refractivity contribution < 1.29 is 9.53 Å². The number of carbonyl (C=O) groups excluding carboxylic acids is 1. The minimum absolute atomic E-state index is 0.246. The van der Waals surface area contributed by atoms with Crippen LogP contribution in [0.15, 0.2) is 36.4 Å². The highest BCUT2D eigenvalue weighted by molar-refractivity contribution is 6.39. The van der Waals surface area contributed by atoms with Crippen LogP contribution >= 0.6 is 23.2 Å². The van der Waals surface area contributed by atoms with Crippen molar-refractivity contribution in [1.82, 2.24) is 0 Å². The maximum absolute atomic E-state index is 12.2. The zero-order valence-electron chi connectivity index (χ0n) is 12.1. The first-order valence-corrected chi connectivity index (χ1v) is 7.39. The molecule has 0 radical (unpaired) electrons. The third-order valence-corrected chi connectivity index (χ3v) is 3.65. The van der Waals surface area contributed by atoms with E-state index >= 15 is 0 Å². The van der Waals surface area contributed by atoms with E-state index in [0.717, 1.165) is 0 Å². The molecule has 0 saturated heterocycles. The number of hydrogen-bond acceptors (Lipinski definition) is 4. The summed E-state index contributed by atoms with van der Waals surface area (Å²) in [5.74, 6) is -0.0688. The van der Waals surface area contributed by atoms with E-state index in [9.17, 15) is 4.79 Å². The van der Waals surface area contributed by atoms with Gasteiger partial charge in [0.15, 0.2) is 6.10 Å². The van der Waals surface area contributed by atoms with Crippen LogP contribution in [0.1, 0.15) is 12.5 Å². The van der Waals surface area contributed by atoms with Gasteiger partial charge in [0.2, 0.25) is 0 Å². The normalized spacial score (nSPS) is 11.4. The summed E-state index contributed by atoms with van der Waals surface area (Å²) in [7, 11) is 0. The molecule has 0 bridgehead atoms. The van der Waals surface area contributed by atoms with Crippen molar-refractivity contribution in [1.29, 1.82) is 5.26 Å². The van der Waals surface area contributed by atoms with Gasteiger partial charge in [0.05, 0.1) is 21.3 Å². The number of anilines is 2. The first kappa shape index (κ1) is 16.9. The fourth-order valence-electron chi connectivity index (χ4n) is 1.81. The quantitative estimate of drug-likeness (QED) is 0.820. The number of amides is 1. The number of nitriles is 1. The topological polar surface area (TPSA) is 88.1 Å². The lowest BCUT2D eigenvalue weighted by Gasteiger charge is -2.16. The summed E-state index contributed by atoms with van der Waals surface area (Å²) in [6.07, 6.45) is -0.820. The largest absolute Gasteiger partial charge is 0.480 e. The molecule has 7 heteroatoms. The van der Waals surface area contributed by atoms with Gasteiger partial charge in [0.1, 0.15) is 11.8 Å². The van der Waals surface area contributed by atoms with Gasteiger partial charge in [-0.15, -0.1) is 0 Å². The van der Waals surface area contributed by atoms with Crippen LogP contribution in [0.3, 0.4) is 0 Å². The van der Waals surface area contributed by atoms with E-state index in [-0.39, 0.29) is 15.7 Å². The molecule has 0 fully saturated rings. The van der Waals surface area contributed by atoms with Crippen molar-refractivity contribution in [2.24, 2.45) is 0 Å². The van der Waals surface area contributed by atoms with E-state index in [1.807, 2.05) is 6.07 Å². The van der Waals surface area contributed by atoms with Gasteiger partial charge in [0.25, 0.3) is 5.91 Å². The first-order valence-electron chi connectivity index (χ1n) is 6.63. The molecule has 0 heterocycles. The Bertz CT molecular complexity index is 764. The molecule has 118 valence electrons. The Labute approximate surface area is 143 Å². The van der Waals surface area contributed by atoms with Crippen LogP contribution in [-0.2, 0) is 4.79 Å². The number of nitrogens with one attached hydrogen (secondary N) is 1. The number of ether oxygens (including phenoxy) is 1. The number of para-hydroxylation sites is 1. The summed E-state index contributed by atoms with van der Waals surface area (Å²) in [5.41, 5.74) is 6.65. The van der Waals surface area contributed by atoms with Crippen molar-refractivity contribution in [2.45, 2.75) is 13.0 Å². The number of benzene rings is 2. The van der Waals surface area contributed by atoms with Crippen LogP contribution in [0.2, 0.25) is 10.0 Å². The van der Waals surface area contributed by atoms with Crippen molar-refractivity contribution in [3.8, 4) is 11.8 Å². The van der Waals surface area contributed by atoms with E-state index in [1.165, 1.54) is 12.1 Å². The Hall–Kier alpha value is -2.42. The molecule has 0 saturated carbocycles. The van der Waals surface area contributed by atoms with Crippen molar-refractivity contribution in [3.05, 3.63) is 52.0 Å². The second-order valence-electron chi connectivity index (χ2n) is 4.71. The van der Waals surface area contributed by atoms with Gasteiger partial charge in [-0.3, -0.25) is 4.79 Å². The second kappa shape index (κ2) is 7.23. The molecule has 5 nitrogen and oxygen atoms in total. The maximum atomic E-state index is 12.2. The Balaban J connectivity index is 2.10. The number of nitrogens with zero attached hydrogens (tertiary/aromatic N) is 1. The predicted octanol–water partition coefficient (Wildman–Crippen LogP) is 3.85. The van der Waals surface area contributed by atoms with Crippen molar-refractivity contribution >= 4 is 40.5 Å². The molecule has 23 heavy (non-hydrogen) atoms. The molecular formula is C16H13Cl2N3O2. The van der Waals surface area contributed by atoms with Crippen LogP contribution in [0, 0.1) is 11.3 Å². The Kier molecular flexibility index (Phi) is 5.32. The number of hydrogen-bond donors (Lipinski definition) is 2. The third-order valence-electron chi connectivity index (χ3n) is 3.03. The van der Waals surface area contributed by atoms with Crippen LogP contribution in [0.5, 0.6) is 5.75 Å². The summed E-state index contributed by atoms with van der Waals surface area (Å²) in [6, 6.07) is 11.7. The van der Waals surface area contributed by atoms with E-state index in [2.05, 4.69) is 5.32 Å². The minimum atomic E-state index is -0.820. The van der Waals surface area contributed by atoms with Gasteiger partial charge < -0.3 is 15.8 Å². The highest BCUT2D eigenvalue weighted by Gasteiger charge is 2.17. The fraction of sp³-hybridized carbons (Fsp3) is 0.125. The molecule has 0 unspecified atom stereocenters. The van der Waals surface area contributed by atoms with E-state index in [1.54, 1.807) is 31.2 Å². The molecule has 0 spiro atoms. The predicted molar refractivity (Wildman–Crippen MR) is 90.8 cm³/mol. The number of nitrogen functional groups attached to an aromatic ring is 1. The number of rotatable bonds is 4. The fourth-order valence-corrected chi connectivity index (χ4v) is 2.29. The standard InChI is InChI=1S/C16H13Cl2N3O2/c1-9(23-14-5-3-2-4-10(14)8-19)16(22)21-11-6-12(17)15(20)13(18)7-11/h2-7,9H,20H2,1H3,(H,21,22)/t9-/m1/s1. The van der Waals surface area contributed by atoms with E-state index in [0.29, 0.717) is 17.0 Å². The zero-order chi connectivity index (χ0) is 17.0. The highest BCUT2D eigenvalue weighted by Crippen LogP contribution is 2.31. The van der Waals surface area contributed by atoms with Gasteiger partial charge in [-0.05, 0) is 31.2 Å². The summed E-state index contributed by atoms with van der Waals surface area (Å²) in [6.45, 7) is 1.57. The maximum Gasteiger partial charge on any atom is 0.265 e. The van der Waals surface area contributed by atoms with Gasteiger partial charge >= 0.3 is 0 Å². The lowest BCUT2D eigenvalue weighted by molar-refractivity contribution is -0.122. The van der Waals surface area contributed by atoms with E-state index in [4.69, 9.17) is 38.9 Å². The van der Waals surface area contributed by atoms with E-state index < -0.39 is 12.0 Å². The summed E-state index contributed by atoms with van der Waals surface area (Å²) >= 11 is 11.8. The average Bonchev–Trinajstić information content (AvgIpc) is 2.53. The molecule has 0 aliphatic rings. The average molecular weight is 350 g/mol. The summed E-state index contributed by atoms with van der Waals surface area (Å²) < 4.78 is 5.53. The SMILES string of the molecule is C[C@@H](Oc1ccccc1C#N)C(=O)Nc1cc(Cl)c(N)c(Cl)c1. The molecule has 2 aromatic carbocycles. The Morgan fingerprint density at radius 3 is 2.52 bits per heavy atom. The molecule has 0 aliphatic heterocycles. The molecule has 0 aromatic heterocycles. The zero-order valence-corrected chi connectivity index (χ0v) is 13.7. The molecule has 1 atom stereocenters. The van der Waals surface area contributed by atoms with Crippen LogP contribution in [0.4, 0.5) is 11.4 Å². The lowest BCUT2D eigenvalue weighted by atomic mass is 10.2. The van der Waals surface area contributed by atoms with Crippen molar-refractivity contribution in [3.63, 3.8) is 0 Å². The smallest absolute Gasteiger partial charge is 0.265 e. The van der Waals surface area contributed by atoms with Crippen LogP contribution in [-0.4, -0.2) is 12.0 Å². The van der Waals surface area contributed by atoms with Crippen molar-refractivity contribution in [2.75, 3.05) is 11.1 Å². The van der Waals surface area contributed by atoms with Gasteiger partial charge in [-0.1, -0.05) is 35.3 Å². The summed E-state index contributed by atoms with van der Waals surface area (Å²) in [5, 5.41) is 12.2. The molecule has 2 aromatic rings. The lowest BCUT2D eigenvalue weighted by Crippen LogP contribution is -2.30. The molecule has 2 rings (SSSR count). The number of halogens is 2. The molecule has 3 N–H and O–H groups in total. The van der Waals surface area contributed by atoms with Crippen LogP contribution < -0.4 is 15.8 Å². The van der Waals surface area contributed by atoms with Crippen LogP contribution in [0.25, 0.3) is 0 Å². The van der Waals surface area contributed by atoms with Gasteiger partial charge in [-0.2, -0.15) is 5.26 Å². The number of nitrogens with two attached hydrogens (primary N) is 1. The third kappa shape index (κ3) is 4.07. The Morgan fingerprint density at radius 1 is 1.30 bits per heavy atom. The Morgan fingerprint density at radius 2 is 1.91 bits per heavy atom. The summed E-state index contributed by atoms with van der Waals surface area (Å²) in [4.78, 5) is 12.2. The van der Waals surface area contributed by atoms with Gasteiger partial charge in [0, 0.05) is 5.69 Å². The number of carbonyl (C=O) groups is 1. The first-order chi connectivity index (χ1) is 10.9. The monoisotopic (exact) mass is 349 g/mol. The molecular weight excluding hydrogens is 337 g/mol. The minimum Gasteiger partial charge on any atom is -0.480 e. The molecule has 0 aliphatic carbocycles.